The van der Waals surface area contributed by atoms with Crippen molar-refractivity contribution < 1.29 is 0 Å². The normalized spacial score (nSPS) is 30.4. The topological polar surface area (TPSA) is 15.3 Å². The first-order valence-corrected chi connectivity index (χ1v) is 8.28. The first kappa shape index (κ1) is 14.1. The molecule has 0 aromatic heterocycles. The number of rotatable bonds is 4. The Kier molecular flexibility index (Phi) is 4.42. The number of nitrogens with one attached hydrogen (secondary N) is 1. The quantitative estimate of drug-likeness (QED) is 0.903. The van der Waals surface area contributed by atoms with E-state index in [2.05, 4.69) is 48.3 Å². The van der Waals surface area contributed by atoms with Gasteiger partial charge in [0.2, 0.25) is 0 Å². The van der Waals surface area contributed by atoms with Crippen molar-refractivity contribution in [3.05, 3.63) is 35.4 Å². The molecule has 0 amide bonds. The highest BCUT2D eigenvalue weighted by Crippen LogP contribution is 2.32. The summed E-state index contributed by atoms with van der Waals surface area (Å²) < 4.78 is 0. The van der Waals surface area contributed by atoms with Gasteiger partial charge < -0.3 is 5.32 Å². The van der Waals surface area contributed by atoms with Crippen LogP contribution < -0.4 is 5.32 Å². The minimum atomic E-state index is 0.736. The van der Waals surface area contributed by atoms with E-state index in [9.17, 15) is 0 Å². The van der Waals surface area contributed by atoms with Crippen LogP contribution >= 0.6 is 0 Å². The summed E-state index contributed by atoms with van der Waals surface area (Å²) in [4.78, 5) is 2.65. The lowest BCUT2D eigenvalue weighted by Crippen LogP contribution is -2.44. The molecule has 1 aromatic rings. The fourth-order valence-corrected chi connectivity index (χ4v) is 4.10. The zero-order chi connectivity index (χ0) is 13.9. The molecular formula is C18H28N2. The van der Waals surface area contributed by atoms with Crippen molar-refractivity contribution in [2.75, 3.05) is 13.1 Å². The van der Waals surface area contributed by atoms with Crippen LogP contribution in [-0.4, -0.2) is 24.0 Å². The van der Waals surface area contributed by atoms with Gasteiger partial charge in [0.05, 0.1) is 0 Å². The van der Waals surface area contributed by atoms with Gasteiger partial charge >= 0.3 is 0 Å². The Morgan fingerprint density at radius 3 is 2.50 bits per heavy atom. The summed E-state index contributed by atoms with van der Waals surface area (Å²) in [7, 11) is 0. The molecule has 2 aliphatic rings. The number of nitrogens with zero attached hydrogens (tertiary/aromatic N) is 1. The maximum atomic E-state index is 3.72. The van der Waals surface area contributed by atoms with Crippen LogP contribution in [0.1, 0.15) is 44.2 Å². The second-order valence-electron chi connectivity index (χ2n) is 6.78. The third-order valence-electron chi connectivity index (χ3n) is 5.11. The van der Waals surface area contributed by atoms with Crippen LogP contribution in [-0.2, 0) is 13.1 Å². The minimum absolute atomic E-state index is 0.736. The third kappa shape index (κ3) is 3.07. The Hall–Kier alpha value is -0.860. The molecule has 0 spiro atoms. The zero-order valence-corrected chi connectivity index (χ0v) is 12.9. The third-order valence-corrected chi connectivity index (χ3v) is 5.11. The van der Waals surface area contributed by atoms with Crippen LogP contribution in [0, 0.1) is 11.8 Å². The summed E-state index contributed by atoms with van der Waals surface area (Å²) in [5.74, 6) is 1.73. The van der Waals surface area contributed by atoms with Crippen molar-refractivity contribution in [1.82, 2.24) is 10.2 Å². The van der Waals surface area contributed by atoms with Gasteiger partial charge in [-0.05, 0) is 48.8 Å². The Bertz CT molecular complexity index is 418. The Balaban J connectivity index is 1.62. The van der Waals surface area contributed by atoms with Gasteiger partial charge in [0.15, 0.2) is 0 Å². The molecule has 1 fully saturated rings. The van der Waals surface area contributed by atoms with E-state index in [1.807, 2.05) is 0 Å². The summed E-state index contributed by atoms with van der Waals surface area (Å²) in [5, 5.41) is 3.72. The second-order valence-corrected chi connectivity index (χ2v) is 6.78. The van der Waals surface area contributed by atoms with Gasteiger partial charge in [0, 0.05) is 25.7 Å². The molecule has 110 valence electrons. The van der Waals surface area contributed by atoms with E-state index in [1.165, 1.54) is 36.9 Å². The summed E-state index contributed by atoms with van der Waals surface area (Å²) in [6, 6.07) is 9.67. The molecule has 0 saturated heterocycles. The lowest BCUT2D eigenvalue weighted by Gasteiger charge is -2.37. The number of hydrogen-bond acceptors (Lipinski definition) is 2. The van der Waals surface area contributed by atoms with Crippen molar-refractivity contribution >= 4 is 0 Å². The molecule has 0 radical (unpaired) electrons. The summed E-state index contributed by atoms with van der Waals surface area (Å²) >= 11 is 0. The molecule has 1 aliphatic heterocycles. The zero-order valence-electron chi connectivity index (χ0n) is 12.9. The SMILES string of the molecule is CCNC1CCC(C)CC1CN1Cc2ccccc2C1. The van der Waals surface area contributed by atoms with Crippen molar-refractivity contribution in [1.29, 1.82) is 0 Å². The number of hydrogen-bond donors (Lipinski definition) is 1. The van der Waals surface area contributed by atoms with Crippen molar-refractivity contribution in [2.45, 2.75) is 52.2 Å². The first-order chi connectivity index (χ1) is 9.76. The predicted molar refractivity (Wildman–Crippen MR) is 84.5 cm³/mol. The van der Waals surface area contributed by atoms with Gasteiger partial charge in [-0.25, -0.2) is 0 Å². The van der Waals surface area contributed by atoms with Gasteiger partial charge in [0.25, 0.3) is 0 Å². The average Bonchev–Trinajstić information content (AvgIpc) is 2.84. The van der Waals surface area contributed by atoms with Crippen molar-refractivity contribution in [3.8, 4) is 0 Å². The first-order valence-electron chi connectivity index (χ1n) is 8.28. The highest BCUT2D eigenvalue weighted by atomic mass is 15.1. The molecule has 0 bridgehead atoms. The lowest BCUT2D eigenvalue weighted by atomic mass is 9.78. The molecule has 2 heteroatoms. The molecule has 1 heterocycles. The van der Waals surface area contributed by atoms with Crippen LogP contribution in [0.5, 0.6) is 0 Å². The molecule has 1 aromatic carbocycles. The van der Waals surface area contributed by atoms with E-state index in [0.717, 1.165) is 37.5 Å². The van der Waals surface area contributed by atoms with Crippen LogP contribution in [0.3, 0.4) is 0 Å². The second kappa shape index (κ2) is 6.28. The predicted octanol–water partition coefficient (Wildman–Crippen LogP) is 3.42. The molecular weight excluding hydrogens is 244 g/mol. The molecule has 3 atom stereocenters. The molecule has 1 saturated carbocycles. The van der Waals surface area contributed by atoms with Gasteiger partial charge in [0.1, 0.15) is 0 Å². The van der Waals surface area contributed by atoms with Crippen molar-refractivity contribution in [3.63, 3.8) is 0 Å². The summed E-state index contributed by atoms with van der Waals surface area (Å²) in [6.45, 7) is 9.33. The Morgan fingerprint density at radius 2 is 1.85 bits per heavy atom. The van der Waals surface area contributed by atoms with E-state index in [4.69, 9.17) is 0 Å². The smallest absolute Gasteiger partial charge is 0.0240 e. The molecule has 3 unspecified atom stereocenters. The molecule has 1 N–H and O–H groups in total. The van der Waals surface area contributed by atoms with E-state index in [0.29, 0.717) is 0 Å². The van der Waals surface area contributed by atoms with Crippen LogP contribution in [0.25, 0.3) is 0 Å². The van der Waals surface area contributed by atoms with Gasteiger partial charge in [-0.1, -0.05) is 38.1 Å². The standard InChI is InChI=1S/C18H28N2/c1-3-19-18-9-8-14(2)10-17(18)13-20-11-15-6-4-5-7-16(15)12-20/h4-7,14,17-19H,3,8-13H2,1-2H3. The number of fused-ring (bicyclic) bond motifs is 1. The van der Waals surface area contributed by atoms with Gasteiger partial charge in [-0.15, -0.1) is 0 Å². The van der Waals surface area contributed by atoms with Gasteiger partial charge in [-0.3, -0.25) is 4.90 Å². The Morgan fingerprint density at radius 1 is 1.15 bits per heavy atom. The van der Waals surface area contributed by atoms with E-state index in [1.54, 1.807) is 0 Å². The average molecular weight is 272 g/mol. The highest BCUT2D eigenvalue weighted by Gasteiger charge is 2.30. The van der Waals surface area contributed by atoms with Crippen LogP contribution in [0.15, 0.2) is 24.3 Å². The molecule has 1 aliphatic carbocycles. The number of benzene rings is 1. The van der Waals surface area contributed by atoms with Crippen LogP contribution in [0.4, 0.5) is 0 Å². The van der Waals surface area contributed by atoms with Crippen LogP contribution in [0.2, 0.25) is 0 Å². The van der Waals surface area contributed by atoms with E-state index in [-0.39, 0.29) is 0 Å². The van der Waals surface area contributed by atoms with Crippen molar-refractivity contribution in [2.24, 2.45) is 11.8 Å². The van der Waals surface area contributed by atoms with Gasteiger partial charge in [-0.2, -0.15) is 0 Å². The maximum Gasteiger partial charge on any atom is 0.0240 e. The highest BCUT2D eigenvalue weighted by molar-refractivity contribution is 5.30. The summed E-state index contributed by atoms with van der Waals surface area (Å²) in [5.41, 5.74) is 3.08. The maximum absolute atomic E-state index is 3.72. The monoisotopic (exact) mass is 272 g/mol. The molecule has 20 heavy (non-hydrogen) atoms. The van der Waals surface area contributed by atoms with E-state index >= 15 is 0 Å². The fraction of sp³-hybridized carbons (Fsp3) is 0.667. The molecule has 3 rings (SSSR count). The minimum Gasteiger partial charge on any atom is -0.314 e. The lowest BCUT2D eigenvalue weighted by molar-refractivity contribution is 0.145. The Labute approximate surface area is 123 Å². The fourth-order valence-electron chi connectivity index (χ4n) is 4.10. The largest absolute Gasteiger partial charge is 0.314 e. The summed E-state index contributed by atoms with van der Waals surface area (Å²) in [6.07, 6.45) is 4.15. The molecule has 2 nitrogen and oxygen atoms in total. The van der Waals surface area contributed by atoms with E-state index < -0.39 is 0 Å².